The number of rotatable bonds is 9. The molecule has 7 heteroatoms. The van der Waals surface area contributed by atoms with Gasteiger partial charge in [0.2, 0.25) is 0 Å². The van der Waals surface area contributed by atoms with Crippen molar-refractivity contribution in [2.45, 2.75) is 52.4 Å². The molecule has 7 nitrogen and oxygen atoms in total. The molecule has 0 bridgehead atoms. The Bertz CT molecular complexity index is 4550. The Balaban J connectivity index is 0.895. The van der Waals surface area contributed by atoms with Crippen molar-refractivity contribution in [1.82, 2.24) is 33.7 Å². The highest BCUT2D eigenvalue weighted by Crippen LogP contribution is 2.44. The zero-order valence-corrected chi connectivity index (χ0v) is 46.8. The second-order valence-electron chi connectivity index (χ2n) is 23.5. The molecule has 0 unspecified atom stereocenters. The van der Waals surface area contributed by atoms with Gasteiger partial charge < -0.3 is 0 Å². The minimum Gasteiger partial charge on any atom is -0.287 e. The number of imidazole rings is 2. The maximum Gasteiger partial charge on any atom is 0.147 e. The summed E-state index contributed by atoms with van der Waals surface area (Å²) in [6.45, 7) is 13.2. The summed E-state index contributed by atoms with van der Waals surface area (Å²) in [6.07, 6.45) is 9.69. The minimum atomic E-state index is -0.196. The van der Waals surface area contributed by atoms with Crippen LogP contribution in [0.2, 0.25) is 0 Å². The fourth-order valence-corrected chi connectivity index (χ4v) is 11.8. The van der Waals surface area contributed by atoms with Gasteiger partial charge in [0.15, 0.2) is 0 Å². The minimum absolute atomic E-state index is 0.196. The topological polar surface area (TPSA) is 73.3 Å². The van der Waals surface area contributed by atoms with Crippen molar-refractivity contribution in [3.63, 3.8) is 0 Å². The summed E-state index contributed by atoms with van der Waals surface area (Å²) in [5, 5.41) is 2.04. The molecule has 5 aromatic heterocycles. The third kappa shape index (κ3) is 9.10. The van der Waals surface area contributed by atoms with Crippen molar-refractivity contribution in [3.05, 3.63) is 261 Å². The standard InChI is InChI=1S/C75H59N7/c1-74(2,3)72-79-68-46-54(32-34-65(68)70-77-38-40-81(70)72)60-19-11-14-22-63(60)57-42-56(43-58(44-57)64-23-15-12-20-61(64)55-33-35-66-69(47-55)80-73(75(4,5)6)82-41-39-78-71(66)82)62-21-13-10-18-59(62)51-28-30-52(31-29-51)67-45-53(36-37-76-67)50-26-24-49(25-27-50)48-16-8-7-9-17-48/h7-47H,1-6H3. The summed E-state index contributed by atoms with van der Waals surface area (Å²) in [4.78, 5) is 25.2. The number of benzene rings is 9. The smallest absolute Gasteiger partial charge is 0.147 e. The molecule has 0 saturated carbocycles. The summed E-state index contributed by atoms with van der Waals surface area (Å²) in [7, 11) is 0. The zero-order chi connectivity index (χ0) is 55.7. The average Bonchev–Trinajstić information content (AvgIpc) is 3.36. The van der Waals surface area contributed by atoms with E-state index in [1.165, 1.54) is 11.1 Å². The van der Waals surface area contributed by atoms with E-state index in [4.69, 9.17) is 24.9 Å². The molecule has 14 rings (SSSR count). The summed E-state index contributed by atoms with van der Waals surface area (Å²) < 4.78 is 4.26. The Morgan fingerprint density at radius 2 is 0.646 bits per heavy atom. The van der Waals surface area contributed by atoms with Crippen LogP contribution in [-0.4, -0.2) is 33.7 Å². The Morgan fingerprint density at radius 3 is 1.10 bits per heavy atom. The number of fused-ring (bicyclic) bond motifs is 6. The molecule has 0 spiro atoms. The molecule has 0 aliphatic carbocycles. The van der Waals surface area contributed by atoms with Gasteiger partial charge in [-0.25, -0.2) is 19.9 Å². The molecule has 5 heterocycles. The van der Waals surface area contributed by atoms with E-state index in [1.54, 1.807) is 0 Å². The highest BCUT2D eigenvalue weighted by atomic mass is 15.1. The normalized spacial score (nSPS) is 12.0. The highest BCUT2D eigenvalue weighted by molar-refractivity contribution is 6.00. The first-order valence-electron chi connectivity index (χ1n) is 28.1. The Labute approximate surface area is 478 Å². The quantitative estimate of drug-likeness (QED) is 0.144. The number of nitrogens with zero attached hydrogens (tertiary/aromatic N) is 7. The van der Waals surface area contributed by atoms with Gasteiger partial charge in [0.05, 0.1) is 16.7 Å². The van der Waals surface area contributed by atoms with Crippen LogP contribution in [0.5, 0.6) is 0 Å². The van der Waals surface area contributed by atoms with Gasteiger partial charge in [0.1, 0.15) is 22.9 Å². The van der Waals surface area contributed by atoms with Crippen LogP contribution in [0.15, 0.2) is 249 Å². The Kier molecular flexibility index (Phi) is 12.2. The SMILES string of the molecule is CC(C)(C)c1nc2cc(-c3ccccc3-c3cc(-c4ccccc4-c4ccc(-c5cc(-c6ccc(-c7ccccc7)cc6)ccn5)cc4)cc(-c4ccccc4-c4ccc5c(c4)nc(C(C)(C)C)n4ccnc54)c3)ccc2c2nccn12. The second kappa shape index (κ2) is 19.9. The van der Waals surface area contributed by atoms with Gasteiger partial charge >= 0.3 is 0 Å². The van der Waals surface area contributed by atoms with Crippen molar-refractivity contribution >= 4 is 33.1 Å². The van der Waals surface area contributed by atoms with Gasteiger partial charge in [0.25, 0.3) is 0 Å². The molecule has 0 aliphatic heterocycles. The predicted octanol–water partition coefficient (Wildman–Crippen LogP) is 19.1. The van der Waals surface area contributed by atoms with Gasteiger partial charge in [-0.05, 0) is 144 Å². The van der Waals surface area contributed by atoms with Crippen LogP contribution in [0.1, 0.15) is 53.2 Å². The van der Waals surface area contributed by atoms with Crippen molar-refractivity contribution in [1.29, 1.82) is 0 Å². The van der Waals surface area contributed by atoms with Gasteiger partial charge in [0, 0.05) is 58.2 Å². The number of aromatic nitrogens is 7. The molecule has 0 saturated heterocycles. The van der Waals surface area contributed by atoms with E-state index in [1.807, 2.05) is 31.0 Å². The molecular formula is C75H59N7. The average molecular weight is 1060 g/mol. The first-order chi connectivity index (χ1) is 39.9. The number of hydrogen-bond donors (Lipinski definition) is 0. The third-order valence-corrected chi connectivity index (χ3v) is 15.9. The largest absolute Gasteiger partial charge is 0.287 e. The van der Waals surface area contributed by atoms with Crippen LogP contribution in [0.25, 0.3) is 133 Å². The Hall–Kier alpha value is -10.1. The second-order valence-corrected chi connectivity index (χ2v) is 23.5. The first-order valence-corrected chi connectivity index (χ1v) is 28.1. The maximum absolute atomic E-state index is 5.33. The van der Waals surface area contributed by atoms with E-state index in [2.05, 4.69) is 269 Å². The summed E-state index contributed by atoms with van der Waals surface area (Å²) >= 11 is 0. The van der Waals surface area contributed by atoms with Crippen molar-refractivity contribution in [2.75, 3.05) is 0 Å². The summed E-state index contributed by atoms with van der Waals surface area (Å²) in [6, 6.07) is 79.2. The number of pyridine rings is 1. The monoisotopic (exact) mass is 1060 g/mol. The van der Waals surface area contributed by atoms with Gasteiger partial charge in [-0.15, -0.1) is 0 Å². The zero-order valence-electron chi connectivity index (χ0n) is 46.8. The fourth-order valence-electron chi connectivity index (χ4n) is 11.8. The van der Waals surface area contributed by atoms with E-state index in [0.717, 1.165) is 134 Å². The fraction of sp³-hybridized carbons (Fsp3) is 0.107. The molecule has 82 heavy (non-hydrogen) atoms. The van der Waals surface area contributed by atoms with E-state index in [0.29, 0.717) is 0 Å². The lowest BCUT2D eigenvalue weighted by molar-refractivity contribution is 0.539. The van der Waals surface area contributed by atoms with E-state index >= 15 is 0 Å². The molecule has 0 N–H and O–H groups in total. The van der Waals surface area contributed by atoms with E-state index in [-0.39, 0.29) is 10.8 Å². The van der Waals surface area contributed by atoms with Crippen molar-refractivity contribution < 1.29 is 0 Å². The van der Waals surface area contributed by atoms with Crippen molar-refractivity contribution in [3.8, 4) is 100 Å². The summed E-state index contributed by atoms with van der Waals surface area (Å²) in [5.74, 6) is 1.95. The lowest BCUT2D eigenvalue weighted by Gasteiger charge is -2.21. The van der Waals surface area contributed by atoms with Gasteiger partial charge in [-0.1, -0.05) is 205 Å². The molecule has 9 aromatic carbocycles. The van der Waals surface area contributed by atoms with Crippen LogP contribution in [0, 0.1) is 0 Å². The molecule has 14 aromatic rings. The lowest BCUT2D eigenvalue weighted by Crippen LogP contribution is -2.18. The lowest BCUT2D eigenvalue weighted by atomic mass is 9.86. The van der Waals surface area contributed by atoms with Crippen LogP contribution >= 0.6 is 0 Å². The maximum atomic E-state index is 5.33. The van der Waals surface area contributed by atoms with Gasteiger partial charge in [-0.3, -0.25) is 13.8 Å². The molecule has 0 amide bonds. The molecule has 0 fully saturated rings. The number of hydrogen-bond acceptors (Lipinski definition) is 5. The van der Waals surface area contributed by atoms with Gasteiger partial charge in [-0.2, -0.15) is 0 Å². The molecule has 0 aliphatic rings. The molecule has 394 valence electrons. The van der Waals surface area contributed by atoms with Crippen LogP contribution in [0.3, 0.4) is 0 Å². The molecule has 0 atom stereocenters. The van der Waals surface area contributed by atoms with E-state index in [9.17, 15) is 0 Å². The van der Waals surface area contributed by atoms with Crippen LogP contribution < -0.4 is 0 Å². The van der Waals surface area contributed by atoms with E-state index < -0.39 is 0 Å². The molecular weight excluding hydrogens is 999 g/mol. The highest BCUT2D eigenvalue weighted by Gasteiger charge is 2.24. The molecule has 0 radical (unpaired) electrons. The van der Waals surface area contributed by atoms with Crippen molar-refractivity contribution in [2.24, 2.45) is 0 Å². The predicted molar refractivity (Wildman–Crippen MR) is 339 cm³/mol. The summed E-state index contributed by atoms with van der Waals surface area (Å²) in [5.41, 5.74) is 23.3. The Morgan fingerprint density at radius 1 is 0.280 bits per heavy atom. The third-order valence-electron chi connectivity index (χ3n) is 15.9. The first kappa shape index (κ1) is 50.1. The van der Waals surface area contributed by atoms with Crippen LogP contribution in [-0.2, 0) is 10.8 Å². The van der Waals surface area contributed by atoms with Crippen LogP contribution in [0.4, 0.5) is 0 Å².